The summed E-state index contributed by atoms with van der Waals surface area (Å²) in [5.74, 6) is 0.272. The van der Waals surface area contributed by atoms with Crippen LogP contribution in [0.5, 0.6) is 11.6 Å². The van der Waals surface area contributed by atoms with Crippen molar-refractivity contribution in [1.82, 2.24) is 15.3 Å². The van der Waals surface area contributed by atoms with E-state index in [0.29, 0.717) is 33.6 Å². The molecule has 0 bridgehead atoms. The lowest BCUT2D eigenvalue weighted by molar-refractivity contribution is 0.0487. The predicted molar refractivity (Wildman–Crippen MR) is 123 cm³/mol. The number of ether oxygens (including phenoxy) is 3. The van der Waals surface area contributed by atoms with Crippen LogP contribution in [0.15, 0.2) is 47.1 Å². The number of carbonyl (C=O) groups excluding carboxylic acids is 1. The molecule has 32 heavy (non-hydrogen) atoms. The van der Waals surface area contributed by atoms with Crippen molar-refractivity contribution in [3.63, 3.8) is 0 Å². The molecular formula is C23H25BrFN3O4. The minimum absolute atomic E-state index is 0.0575. The number of pyridine rings is 2. The van der Waals surface area contributed by atoms with Crippen LogP contribution in [0.2, 0.25) is 0 Å². The van der Waals surface area contributed by atoms with Crippen molar-refractivity contribution in [3.8, 4) is 11.6 Å². The minimum Gasteiger partial charge on any atom is -0.490 e. The van der Waals surface area contributed by atoms with Crippen LogP contribution in [0, 0.1) is 5.82 Å². The molecular weight excluding hydrogens is 481 g/mol. The number of hydrogen-bond donors (Lipinski definition) is 1. The summed E-state index contributed by atoms with van der Waals surface area (Å²) < 4.78 is 31.5. The van der Waals surface area contributed by atoms with Gasteiger partial charge in [0.05, 0.1) is 17.6 Å². The zero-order valence-electron chi connectivity index (χ0n) is 18.3. The molecule has 2 heterocycles. The number of fused-ring (bicyclic) bond motifs is 1. The van der Waals surface area contributed by atoms with Crippen LogP contribution in [0.25, 0.3) is 10.9 Å². The highest BCUT2D eigenvalue weighted by Crippen LogP contribution is 2.34. The van der Waals surface area contributed by atoms with Crippen LogP contribution in [0.1, 0.15) is 26.5 Å². The van der Waals surface area contributed by atoms with E-state index in [-0.39, 0.29) is 12.1 Å². The van der Waals surface area contributed by atoms with E-state index in [0.717, 1.165) is 0 Å². The molecule has 7 nitrogen and oxygen atoms in total. The van der Waals surface area contributed by atoms with Crippen LogP contribution in [0.4, 0.5) is 9.18 Å². The molecule has 1 atom stereocenters. The van der Waals surface area contributed by atoms with Crippen LogP contribution in [0.3, 0.4) is 0 Å². The average molecular weight is 506 g/mol. The summed E-state index contributed by atoms with van der Waals surface area (Å²) in [5, 5.41) is 3.40. The lowest BCUT2D eigenvalue weighted by Gasteiger charge is -2.24. The van der Waals surface area contributed by atoms with E-state index in [1.54, 1.807) is 39.0 Å². The monoisotopic (exact) mass is 505 g/mol. The summed E-state index contributed by atoms with van der Waals surface area (Å²) in [6.07, 6.45) is 1.30. The minimum atomic E-state index is -0.652. The van der Waals surface area contributed by atoms with Gasteiger partial charge in [-0.1, -0.05) is 6.07 Å². The van der Waals surface area contributed by atoms with Gasteiger partial charge in [-0.15, -0.1) is 0 Å². The van der Waals surface area contributed by atoms with Gasteiger partial charge in [0.15, 0.2) is 5.82 Å². The summed E-state index contributed by atoms with van der Waals surface area (Å²) in [6.45, 7) is 5.40. The Hall–Kier alpha value is -2.94. The van der Waals surface area contributed by atoms with Crippen molar-refractivity contribution in [1.29, 1.82) is 0 Å². The number of halogens is 2. The Labute approximate surface area is 194 Å². The van der Waals surface area contributed by atoms with E-state index < -0.39 is 23.6 Å². The van der Waals surface area contributed by atoms with E-state index in [1.165, 1.54) is 19.4 Å². The van der Waals surface area contributed by atoms with Crippen molar-refractivity contribution >= 4 is 32.9 Å². The highest BCUT2D eigenvalue weighted by molar-refractivity contribution is 9.10. The number of nitrogens with one attached hydrogen (secondary N) is 1. The molecule has 0 fully saturated rings. The van der Waals surface area contributed by atoms with Gasteiger partial charge in [-0.05, 0) is 54.9 Å². The SMILES string of the molecule is COc1cccc(C[C@H](COc2cc(F)c3ncccc3c2Br)NC(=O)OC(C)(C)C)n1. The van der Waals surface area contributed by atoms with Gasteiger partial charge in [0.1, 0.15) is 23.5 Å². The molecule has 1 amide bonds. The van der Waals surface area contributed by atoms with E-state index in [4.69, 9.17) is 14.2 Å². The molecule has 0 aliphatic rings. The summed E-state index contributed by atoms with van der Waals surface area (Å²) in [6, 6.07) is 9.62. The fraction of sp³-hybridized carbons (Fsp3) is 0.348. The number of methoxy groups -OCH3 is 1. The maximum absolute atomic E-state index is 14.5. The molecule has 0 unspecified atom stereocenters. The molecule has 0 spiro atoms. The number of carbonyl (C=O) groups is 1. The second-order valence-electron chi connectivity index (χ2n) is 8.10. The summed E-state index contributed by atoms with van der Waals surface area (Å²) in [5.41, 5.74) is 0.291. The number of aromatic nitrogens is 2. The van der Waals surface area contributed by atoms with E-state index in [2.05, 4.69) is 31.2 Å². The molecule has 3 aromatic rings. The third-order valence-corrected chi connectivity index (χ3v) is 5.17. The van der Waals surface area contributed by atoms with E-state index in [1.807, 2.05) is 12.1 Å². The van der Waals surface area contributed by atoms with Crippen molar-refractivity contribution in [2.24, 2.45) is 0 Å². The first-order valence-electron chi connectivity index (χ1n) is 10.0. The van der Waals surface area contributed by atoms with Crippen LogP contribution in [-0.2, 0) is 11.2 Å². The molecule has 1 aromatic carbocycles. The zero-order chi connectivity index (χ0) is 23.3. The Morgan fingerprint density at radius 3 is 2.75 bits per heavy atom. The third-order valence-electron chi connectivity index (χ3n) is 4.35. The van der Waals surface area contributed by atoms with Crippen LogP contribution >= 0.6 is 15.9 Å². The maximum Gasteiger partial charge on any atom is 0.408 e. The molecule has 170 valence electrons. The Bertz CT molecular complexity index is 1100. The molecule has 0 saturated heterocycles. The quantitative estimate of drug-likeness (QED) is 0.483. The molecule has 0 radical (unpaired) electrons. The van der Waals surface area contributed by atoms with Gasteiger partial charge in [-0.25, -0.2) is 14.2 Å². The van der Waals surface area contributed by atoms with Crippen molar-refractivity contribution in [3.05, 3.63) is 58.6 Å². The van der Waals surface area contributed by atoms with Gasteiger partial charge >= 0.3 is 6.09 Å². The first-order valence-corrected chi connectivity index (χ1v) is 10.8. The molecule has 3 rings (SSSR count). The number of alkyl carbamates (subject to hydrolysis) is 1. The molecule has 9 heteroatoms. The van der Waals surface area contributed by atoms with Crippen LogP contribution in [-0.4, -0.2) is 41.4 Å². The Morgan fingerprint density at radius 1 is 1.25 bits per heavy atom. The van der Waals surface area contributed by atoms with Crippen molar-refractivity contribution < 1.29 is 23.4 Å². The van der Waals surface area contributed by atoms with Gasteiger partial charge in [0.2, 0.25) is 5.88 Å². The number of rotatable bonds is 7. The normalized spacial score (nSPS) is 12.3. The standard InChI is InChI=1S/C23H25BrFN3O4/c1-23(2,3)32-22(29)28-15(11-14-7-5-9-19(27-14)30-4)13-31-18-12-17(25)21-16(20(18)24)8-6-10-26-21/h5-10,12,15H,11,13H2,1-4H3,(H,28,29)/t15-/m1/s1. The molecule has 2 aromatic heterocycles. The fourth-order valence-electron chi connectivity index (χ4n) is 3.01. The van der Waals surface area contributed by atoms with Crippen LogP contribution < -0.4 is 14.8 Å². The van der Waals surface area contributed by atoms with Crippen molar-refractivity contribution in [2.45, 2.75) is 38.8 Å². The summed E-state index contributed by atoms with van der Waals surface area (Å²) in [7, 11) is 1.53. The highest BCUT2D eigenvalue weighted by Gasteiger charge is 2.22. The van der Waals surface area contributed by atoms with E-state index in [9.17, 15) is 9.18 Å². The van der Waals surface area contributed by atoms with Gasteiger partial charge in [0, 0.05) is 35.8 Å². The Balaban J connectivity index is 1.81. The highest BCUT2D eigenvalue weighted by atomic mass is 79.9. The van der Waals surface area contributed by atoms with E-state index >= 15 is 0 Å². The summed E-state index contributed by atoms with van der Waals surface area (Å²) in [4.78, 5) is 20.8. The summed E-state index contributed by atoms with van der Waals surface area (Å²) >= 11 is 3.47. The largest absolute Gasteiger partial charge is 0.490 e. The topological polar surface area (TPSA) is 82.6 Å². The smallest absolute Gasteiger partial charge is 0.408 e. The molecule has 0 saturated carbocycles. The fourth-order valence-corrected chi connectivity index (χ4v) is 3.56. The lowest BCUT2D eigenvalue weighted by Crippen LogP contribution is -2.43. The average Bonchev–Trinajstić information content (AvgIpc) is 2.74. The first-order chi connectivity index (χ1) is 15.2. The number of amides is 1. The Morgan fingerprint density at radius 2 is 2.03 bits per heavy atom. The zero-order valence-corrected chi connectivity index (χ0v) is 19.9. The first kappa shape index (κ1) is 23.7. The second-order valence-corrected chi connectivity index (χ2v) is 8.89. The maximum atomic E-state index is 14.5. The molecule has 1 N–H and O–H groups in total. The predicted octanol–water partition coefficient (Wildman–Crippen LogP) is 5.05. The molecule has 0 aliphatic heterocycles. The number of hydrogen-bond acceptors (Lipinski definition) is 6. The Kier molecular flexibility index (Phi) is 7.50. The number of benzene rings is 1. The van der Waals surface area contributed by atoms with Crippen molar-refractivity contribution in [2.75, 3.05) is 13.7 Å². The van der Waals surface area contributed by atoms with Gasteiger partial charge < -0.3 is 19.5 Å². The molecule has 0 aliphatic carbocycles. The lowest BCUT2D eigenvalue weighted by atomic mass is 10.1. The second kappa shape index (κ2) is 10.1. The van der Waals surface area contributed by atoms with Gasteiger partial charge in [-0.3, -0.25) is 4.98 Å². The van der Waals surface area contributed by atoms with Gasteiger partial charge in [0.25, 0.3) is 0 Å². The number of nitrogens with zero attached hydrogens (tertiary/aromatic N) is 2. The van der Waals surface area contributed by atoms with Gasteiger partial charge in [-0.2, -0.15) is 0 Å². The third kappa shape index (κ3) is 6.29.